The molecule has 0 rings (SSSR count). The van der Waals surface area contributed by atoms with Gasteiger partial charge < -0.3 is 9.42 Å². The SMILES string of the molecule is COP(C)(O)=S. The van der Waals surface area contributed by atoms with Gasteiger partial charge in [0.2, 0.25) is 0 Å². The fraction of sp³-hybridized carbons (Fsp3) is 1.00. The average Bonchev–Trinajstić information content (AvgIpc) is 1.35. The van der Waals surface area contributed by atoms with Gasteiger partial charge in [-0.15, -0.1) is 0 Å². The van der Waals surface area contributed by atoms with Gasteiger partial charge in [0.05, 0.1) is 0 Å². The monoisotopic (exact) mass is 126 g/mol. The Morgan fingerprint density at radius 2 is 2.00 bits per heavy atom. The topological polar surface area (TPSA) is 29.5 Å². The third-order valence-corrected chi connectivity index (χ3v) is 1.46. The molecule has 0 aliphatic heterocycles. The number of rotatable bonds is 1. The zero-order valence-corrected chi connectivity index (χ0v) is 5.42. The predicted octanol–water partition coefficient (Wildman–Crippen LogP) is 0.564. The number of hydrogen-bond donors (Lipinski definition) is 1. The molecule has 38 valence electrons. The summed E-state index contributed by atoms with van der Waals surface area (Å²) in [5.41, 5.74) is 0. The second-order valence-corrected chi connectivity index (χ2v) is 4.99. The van der Waals surface area contributed by atoms with E-state index in [-0.39, 0.29) is 0 Å². The Bertz CT molecular complexity index is 75.6. The predicted molar refractivity (Wildman–Crippen MR) is 29.4 cm³/mol. The first-order valence-corrected chi connectivity index (χ1v) is 4.54. The Morgan fingerprint density at radius 1 is 1.83 bits per heavy atom. The first-order chi connectivity index (χ1) is 2.56. The van der Waals surface area contributed by atoms with Gasteiger partial charge in [-0.2, -0.15) is 0 Å². The van der Waals surface area contributed by atoms with Crippen LogP contribution in [0, 0.1) is 0 Å². The quantitative estimate of drug-likeness (QED) is 0.521. The van der Waals surface area contributed by atoms with Gasteiger partial charge in [0.25, 0.3) is 0 Å². The van der Waals surface area contributed by atoms with E-state index in [2.05, 4.69) is 16.3 Å². The highest BCUT2D eigenvalue weighted by Gasteiger charge is 1.95. The summed E-state index contributed by atoms with van der Waals surface area (Å²) in [7, 11) is 1.40. The number of hydrogen-bond acceptors (Lipinski definition) is 2. The Labute approximate surface area is 42.3 Å². The fourth-order valence-corrected chi connectivity index (χ4v) is 0. The van der Waals surface area contributed by atoms with Gasteiger partial charge in [-0.05, 0) is 11.8 Å². The van der Waals surface area contributed by atoms with Crippen LogP contribution in [0.1, 0.15) is 0 Å². The van der Waals surface area contributed by atoms with Crippen LogP contribution in [0.25, 0.3) is 0 Å². The molecule has 0 aromatic heterocycles. The molecule has 0 saturated carbocycles. The van der Waals surface area contributed by atoms with Crippen LogP contribution in [-0.2, 0) is 16.3 Å². The van der Waals surface area contributed by atoms with E-state index in [1.807, 2.05) is 0 Å². The van der Waals surface area contributed by atoms with Crippen LogP contribution < -0.4 is 0 Å². The normalized spacial score (nSPS) is 19.8. The minimum Gasteiger partial charge on any atom is -0.345 e. The average molecular weight is 126 g/mol. The third kappa shape index (κ3) is 4.57. The molecule has 6 heavy (non-hydrogen) atoms. The van der Waals surface area contributed by atoms with Gasteiger partial charge in [0.15, 0.2) is 6.49 Å². The van der Waals surface area contributed by atoms with Crippen molar-refractivity contribution in [2.75, 3.05) is 13.8 Å². The molecular weight excluding hydrogens is 119 g/mol. The Morgan fingerprint density at radius 3 is 2.00 bits per heavy atom. The largest absolute Gasteiger partial charge is 0.345 e. The van der Waals surface area contributed by atoms with Crippen molar-refractivity contribution in [3.63, 3.8) is 0 Å². The first kappa shape index (κ1) is 6.57. The molecule has 4 heteroatoms. The highest BCUT2D eigenvalue weighted by Crippen LogP contribution is 2.34. The van der Waals surface area contributed by atoms with E-state index in [1.54, 1.807) is 0 Å². The fourth-order valence-electron chi connectivity index (χ4n) is 0. The summed E-state index contributed by atoms with van der Waals surface area (Å²) in [6.07, 6.45) is 0. The lowest BCUT2D eigenvalue weighted by molar-refractivity contribution is 0.393. The highest BCUT2D eigenvalue weighted by molar-refractivity contribution is 8.09. The van der Waals surface area contributed by atoms with Gasteiger partial charge >= 0.3 is 0 Å². The van der Waals surface area contributed by atoms with Crippen LogP contribution in [0.15, 0.2) is 0 Å². The molecule has 0 bridgehead atoms. The van der Waals surface area contributed by atoms with Crippen LogP contribution in [0.4, 0.5) is 0 Å². The van der Waals surface area contributed by atoms with E-state index in [9.17, 15) is 0 Å². The smallest absolute Gasteiger partial charge is 0.182 e. The molecule has 0 aliphatic rings. The lowest BCUT2D eigenvalue weighted by Crippen LogP contribution is -1.74. The summed E-state index contributed by atoms with van der Waals surface area (Å²) in [6, 6.07) is 0. The molecule has 2 nitrogen and oxygen atoms in total. The molecule has 0 aliphatic carbocycles. The summed E-state index contributed by atoms with van der Waals surface area (Å²) in [5, 5.41) is 0. The minimum absolute atomic E-state index is 1.40. The zero-order chi connectivity index (χ0) is 5.21. The van der Waals surface area contributed by atoms with Crippen LogP contribution in [-0.4, -0.2) is 18.7 Å². The van der Waals surface area contributed by atoms with E-state index < -0.39 is 6.49 Å². The Balaban J connectivity index is 3.48. The molecule has 0 aromatic carbocycles. The van der Waals surface area contributed by atoms with Crippen LogP contribution in [0.5, 0.6) is 0 Å². The summed E-state index contributed by atoms with van der Waals surface area (Å²) < 4.78 is 4.42. The van der Waals surface area contributed by atoms with Crippen molar-refractivity contribution in [1.29, 1.82) is 0 Å². The Kier molecular flexibility index (Phi) is 2.22. The van der Waals surface area contributed by atoms with Crippen LogP contribution in [0.3, 0.4) is 0 Å². The van der Waals surface area contributed by atoms with Crippen molar-refractivity contribution in [2.24, 2.45) is 0 Å². The molecule has 0 saturated heterocycles. The molecule has 1 unspecified atom stereocenters. The second-order valence-electron chi connectivity index (χ2n) is 0.986. The van der Waals surface area contributed by atoms with Gasteiger partial charge in [-0.1, -0.05) is 0 Å². The lowest BCUT2D eigenvalue weighted by atomic mass is 11.8. The van der Waals surface area contributed by atoms with E-state index in [0.29, 0.717) is 0 Å². The molecule has 0 radical (unpaired) electrons. The molecule has 0 heterocycles. The van der Waals surface area contributed by atoms with Crippen molar-refractivity contribution < 1.29 is 9.42 Å². The molecule has 0 fully saturated rings. The van der Waals surface area contributed by atoms with E-state index in [4.69, 9.17) is 4.89 Å². The highest BCUT2D eigenvalue weighted by atomic mass is 32.5. The molecular formula is C2H7O2PS. The summed E-state index contributed by atoms with van der Waals surface area (Å²) in [4.78, 5) is 8.53. The van der Waals surface area contributed by atoms with E-state index in [0.717, 1.165) is 0 Å². The molecule has 0 aromatic rings. The van der Waals surface area contributed by atoms with Gasteiger partial charge in [-0.3, -0.25) is 0 Å². The molecule has 1 N–H and O–H groups in total. The Hall–Kier alpha value is 0.570. The van der Waals surface area contributed by atoms with Crippen molar-refractivity contribution in [2.45, 2.75) is 0 Å². The second kappa shape index (κ2) is 2.03. The van der Waals surface area contributed by atoms with Gasteiger partial charge in [-0.25, -0.2) is 0 Å². The third-order valence-electron chi connectivity index (χ3n) is 0.339. The standard InChI is InChI=1S/C2H7O2PS/c1-4-5(2,3)6/h1-2H3,(H,3,6). The molecule has 0 amide bonds. The van der Waals surface area contributed by atoms with E-state index >= 15 is 0 Å². The summed E-state index contributed by atoms with van der Waals surface area (Å²) >= 11 is 4.43. The van der Waals surface area contributed by atoms with Gasteiger partial charge in [0.1, 0.15) is 0 Å². The maximum atomic E-state index is 8.53. The minimum atomic E-state index is -2.31. The van der Waals surface area contributed by atoms with Crippen molar-refractivity contribution in [3.05, 3.63) is 0 Å². The van der Waals surface area contributed by atoms with Crippen LogP contribution >= 0.6 is 6.49 Å². The summed E-state index contributed by atoms with van der Waals surface area (Å²) in [6.45, 7) is -0.811. The van der Waals surface area contributed by atoms with Crippen molar-refractivity contribution in [3.8, 4) is 0 Å². The maximum absolute atomic E-state index is 8.53. The van der Waals surface area contributed by atoms with Crippen molar-refractivity contribution in [1.82, 2.24) is 0 Å². The molecule has 0 spiro atoms. The first-order valence-electron chi connectivity index (χ1n) is 1.42. The lowest BCUT2D eigenvalue weighted by Gasteiger charge is -2.01. The van der Waals surface area contributed by atoms with Gasteiger partial charge in [0, 0.05) is 13.8 Å². The van der Waals surface area contributed by atoms with Crippen LogP contribution in [0.2, 0.25) is 0 Å². The molecule has 1 atom stereocenters. The van der Waals surface area contributed by atoms with E-state index in [1.165, 1.54) is 13.8 Å². The zero-order valence-electron chi connectivity index (χ0n) is 3.71. The maximum Gasteiger partial charge on any atom is 0.182 e. The van der Waals surface area contributed by atoms with Crippen molar-refractivity contribution >= 4 is 18.3 Å². The summed E-state index contributed by atoms with van der Waals surface area (Å²) in [5.74, 6) is 0.